The van der Waals surface area contributed by atoms with Gasteiger partial charge in [-0.2, -0.15) is 0 Å². The Morgan fingerprint density at radius 1 is 0.857 bits per heavy atom. The predicted molar refractivity (Wildman–Crippen MR) is 142 cm³/mol. The summed E-state index contributed by atoms with van der Waals surface area (Å²) in [7, 11) is 0. The van der Waals surface area contributed by atoms with E-state index < -0.39 is 11.4 Å². The van der Waals surface area contributed by atoms with Gasteiger partial charge in [0, 0.05) is 0 Å². The summed E-state index contributed by atoms with van der Waals surface area (Å²) in [5.74, 6) is -0.908. The summed E-state index contributed by atoms with van der Waals surface area (Å²) in [5.41, 5.74) is 6.33. The number of fused-ring (bicyclic) bond motifs is 5. The first kappa shape index (κ1) is 23.7. The van der Waals surface area contributed by atoms with Crippen LogP contribution in [0, 0.1) is 0 Å². The van der Waals surface area contributed by atoms with Crippen LogP contribution in [-0.2, 0) is 4.79 Å². The van der Waals surface area contributed by atoms with E-state index in [0.717, 1.165) is 58.0 Å². The summed E-state index contributed by atoms with van der Waals surface area (Å²) < 4.78 is 2.48. The number of aliphatic hydroxyl groups excluding tert-OH is 1. The Kier molecular flexibility index (Phi) is 5.79. The van der Waals surface area contributed by atoms with E-state index in [2.05, 4.69) is 52.0 Å². The van der Waals surface area contributed by atoms with E-state index in [9.17, 15) is 15.0 Å². The van der Waals surface area contributed by atoms with Gasteiger partial charge in [0.2, 0.25) is 0 Å². The molecule has 178 valence electrons. The van der Waals surface area contributed by atoms with Crippen LogP contribution < -0.4 is 8.19 Å². The van der Waals surface area contributed by atoms with Gasteiger partial charge in [-0.1, -0.05) is 0 Å². The second-order valence-electron chi connectivity index (χ2n) is 9.30. The van der Waals surface area contributed by atoms with E-state index >= 15 is 0 Å². The van der Waals surface area contributed by atoms with Gasteiger partial charge in [0.05, 0.1) is 0 Å². The van der Waals surface area contributed by atoms with Crippen molar-refractivity contribution in [1.82, 2.24) is 0 Å². The average molecular weight is 532 g/mol. The molecule has 0 amide bonds. The van der Waals surface area contributed by atoms with Crippen molar-refractivity contribution >= 4 is 43.9 Å². The third-order valence-corrected chi connectivity index (χ3v) is 9.08. The van der Waals surface area contributed by atoms with Crippen molar-refractivity contribution in [3.8, 4) is 0 Å². The van der Waals surface area contributed by atoms with E-state index in [1.165, 1.54) is 15.1 Å². The van der Waals surface area contributed by atoms with Gasteiger partial charge >= 0.3 is 211 Å². The Morgan fingerprint density at radius 3 is 1.89 bits per heavy atom. The fourth-order valence-corrected chi connectivity index (χ4v) is 6.80. The standard InChI is InChI=1S/C29H28N2O3Se/c1-6-21-15(3)23-13-19-8-9-20(35-19)14-24-16(4)22(7-2)26(31-24)12-18-10-17(11-25(21)30-23)27(32)29(5,34)28(18)33/h8-14,32,34H,6-7H2,1-5H3. The molecule has 0 saturated carbocycles. The van der Waals surface area contributed by atoms with Gasteiger partial charge in [0.15, 0.2) is 0 Å². The Balaban J connectivity index is 1.85. The molecule has 0 radical (unpaired) electrons. The number of ketones is 1. The van der Waals surface area contributed by atoms with E-state index in [4.69, 9.17) is 9.98 Å². The number of carbonyl (C=O) groups excluding carboxylic acids is 1. The second kappa shape index (κ2) is 8.56. The van der Waals surface area contributed by atoms with E-state index in [0.29, 0.717) is 11.1 Å². The van der Waals surface area contributed by atoms with Crippen molar-refractivity contribution in [3.63, 3.8) is 0 Å². The number of carbonyl (C=O) groups is 1. The molecule has 1 aromatic heterocycles. The first-order chi connectivity index (χ1) is 16.6. The Morgan fingerprint density at radius 2 is 1.37 bits per heavy atom. The molecule has 0 fully saturated rings. The monoisotopic (exact) mass is 532 g/mol. The SMILES string of the molecule is CCC1=C(C)C2=NC1=CC1=CC(=C(O)C(C)(O)C1=O)C=C1N=C(C=c3ccc([se]3)=C2)C(C)=C1CC. The first-order valence-corrected chi connectivity index (χ1v) is 13.6. The van der Waals surface area contributed by atoms with Gasteiger partial charge in [-0.3, -0.25) is 0 Å². The number of hydrogen-bond acceptors (Lipinski definition) is 5. The maximum absolute atomic E-state index is 13.2. The zero-order chi connectivity index (χ0) is 25.1. The summed E-state index contributed by atoms with van der Waals surface area (Å²) in [6, 6.07) is 4.30. The fraction of sp³-hybridized carbons (Fsp3) is 0.276. The van der Waals surface area contributed by atoms with Crippen LogP contribution in [0.3, 0.4) is 0 Å². The summed E-state index contributed by atoms with van der Waals surface area (Å²) in [6.45, 7) is 9.63. The minimum atomic E-state index is -2.03. The molecule has 2 N–H and O–H groups in total. The molecular weight excluding hydrogens is 503 g/mol. The molecule has 5 rings (SSSR count). The zero-order valence-electron chi connectivity index (χ0n) is 20.6. The summed E-state index contributed by atoms with van der Waals surface area (Å²) in [6.07, 6.45) is 11.0. The molecule has 5 nitrogen and oxygen atoms in total. The van der Waals surface area contributed by atoms with E-state index in [-0.39, 0.29) is 20.3 Å². The molecule has 4 heterocycles. The van der Waals surface area contributed by atoms with Gasteiger partial charge in [-0.15, -0.1) is 0 Å². The molecule has 0 spiro atoms. The van der Waals surface area contributed by atoms with Crippen molar-refractivity contribution in [3.05, 3.63) is 89.1 Å². The molecule has 0 saturated heterocycles. The van der Waals surface area contributed by atoms with Crippen LogP contribution in [0.1, 0.15) is 47.5 Å². The first-order valence-electron chi connectivity index (χ1n) is 11.9. The van der Waals surface area contributed by atoms with Gasteiger partial charge in [0.1, 0.15) is 0 Å². The van der Waals surface area contributed by atoms with Crippen LogP contribution in [0.5, 0.6) is 0 Å². The second-order valence-corrected chi connectivity index (χ2v) is 11.7. The van der Waals surface area contributed by atoms with Crippen molar-refractivity contribution in [2.45, 2.75) is 53.1 Å². The maximum atomic E-state index is 13.2. The molecule has 0 aromatic carbocycles. The third-order valence-electron chi connectivity index (χ3n) is 7.02. The van der Waals surface area contributed by atoms with Crippen LogP contribution in [0.25, 0.3) is 12.2 Å². The number of aliphatic imine (C=N–C) groups is 2. The number of hydrogen-bond donors (Lipinski definition) is 2. The van der Waals surface area contributed by atoms with Gasteiger partial charge in [-0.25, -0.2) is 0 Å². The van der Waals surface area contributed by atoms with Crippen molar-refractivity contribution in [2.24, 2.45) is 9.98 Å². The van der Waals surface area contributed by atoms with Crippen molar-refractivity contribution < 1.29 is 15.0 Å². The van der Waals surface area contributed by atoms with E-state index in [1.807, 2.05) is 0 Å². The minimum absolute atomic E-state index is 0.148. The molecule has 4 aliphatic rings. The molecule has 1 aliphatic carbocycles. The summed E-state index contributed by atoms with van der Waals surface area (Å²) >= 11 is 0.148. The summed E-state index contributed by atoms with van der Waals surface area (Å²) in [5, 5.41) is 21.9. The number of rotatable bonds is 2. The molecule has 8 bridgehead atoms. The number of nitrogens with zero attached hydrogens (tertiary/aromatic N) is 2. The summed E-state index contributed by atoms with van der Waals surface area (Å²) in [4.78, 5) is 23.0. The van der Waals surface area contributed by atoms with Crippen LogP contribution in [0.2, 0.25) is 0 Å². The van der Waals surface area contributed by atoms with Crippen molar-refractivity contribution in [1.29, 1.82) is 0 Å². The Bertz CT molecular complexity index is 1560. The van der Waals surface area contributed by atoms with Crippen LogP contribution >= 0.6 is 0 Å². The molecular formula is C29H28N2O3Se. The molecule has 6 heteroatoms. The van der Waals surface area contributed by atoms with Gasteiger partial charge in [0.25, 0.3) is 0 Å². The Hall–Kier alpha value is -3.05. The molecule has 1 aromatic rings. The molecule has 3 aliphatic heterocycles. The molecule has 35 heavy (non-hydrogen) atoms. The van der Waals surface area contributed by atoms with Crippen LogP contribution in [0.15, 0.2) is 90.9 Å². The van der Waals surface area contributed by atoms with Gasteiger partial charge < -0.3 is 0 Å². The van der Waals surface area contributed by atoms with Crippen LogP contribution in [0.4, 0.5) is 0 Å². The zero-order valence-corrected chi connectivity index (χ0v) is 22.3. The normalized spacial score (nSPS) is 24.1. The molecule has 1 unspecified atom stereocenters. The predicted octanol–water partition coefficient (Wildman–Crippen LogP) is 3.52. The number of Topliss-reactive ketones (excluding diaryl/α,β-unsaturated/α-hetero) is 1. The van der Waals surface area contributed by atoms with Gasteiger partial charge in [-0.05, 0) is 0 Å². The fourth-order valence-electron chi connectivity index (χ4n) is 4.94. The number of allylic oxidation sites excluding steroid dienone is 8. The number of aliphatic hydroxyl groups is 2. The van der Waals surface area contributed by atoms with Crippen LogP contribution in [-0.4, -0.2) is 47.5 Å². The Labute approximate surface area is 210 Å². The quantitative estimate of drug-likeness (QED) is 0.574. The topological polar surface area (TPSA) is 82.3 Å². The molecule has 1 atom stereocenters. The average Bonchev–Trinajstić information content (AvgIpc) is 3.47. The van der Waals surface area contributed by atoms with E-state index in [1.54, 1.807) is 18.2 Å². The van der Waals surface area contributed by atoms with Crippen molar-refractivity contribution in [2.75, 3.05) is 0 Å². The third kappa shape index (κ3) is 3.86.